The summed E-state index contributed by atoms with van der Waals surface area (Å²) in [6, 6.07) is 10.7. The third-order valence-electron chi connectivity index (χ3n) is 4.76. The van der Waals surface area contributed by atoms with E-state index < -0.39 is 0 Å². The van der Waals surface area contributed by atoms with Crippen LogP contribution in [0.1, 0.15) is 26.2 Å². The molecule has 0 aliphatic carbocycles. The van der Waals surface area contributed by atoms with E-state index >= 15 is 0 Å². The molecule has 1 fully saturated rings. The van der Waals surface area contributed by atoms with Gasteiger partial charge in [0.05, 0.1) is 5.02 Å². The van der Waals surface area contributed by atoms with Crippen LogP contribution in [0, 0.1) is 11.8 Å². The summed E-state index contributed by atoms with van der Waals surface area (Å²) in [5.74, 6) is 2.22. The van der Waals surface area contributed by atoms with Crippen molar-refractivity contribution in [3.63, 3.8) is 0 Å². The SMILES string of the molecule is CC(CC(=O)Nc1ccc(Oc2ccc(Cl)cn2)cc1)C1CCNCC1.Cl.Cl. The van der Waals surface area contributed by atoms with E-state index in [2.05, 4.69) is 22.5 Å². The minimum atomic E-state index is 0. The van der Waals surface area contributed by atoms with Crippen LogP contribution >= 0.6 is 36.4 Å². The Balaban J connectivity index is 0.00000196. The van der Waals surface area contributed by atoms with Crippen molar-refractivity contribution in [2.75, 3.05) is 18.4 Å². The van der Waals surface area contributed by atoms with Gasteiger partial charge in [-0.2, -0.15) is 0 Å². The molecule has 28 heavy (non-hydrogen) atoms. The highest BCUT2D eigenvalue weighted by atomic mass is 35.5. The molecule has 5 nitrogen and oxygen atoms in total. The van der Waals surface area contributed by atoms with Crippen molar-refractivity contribution in [3.8, 4) is 11.6 Å². The van der Waals surface area contributed by atoms with E-state index in [0.29, 0.717) is 34.9 Å². The summed E-state index contributed by atoms with van der Waals surface area (Å²) < 4.78 is 5.65. The number of pyridine rings is 1. The first-order chi connectivity index (χ1) is 12.6. The number of benzene rings is 1. The summed E-state index contributed by atoms with van der Waals surface area (Å²) >= 11 is 5.81. The molecule has 3 rings (SSSR count). The molecule has 0 spiro atoms. The topological polar surface area (TPSA) is 63.2 Å². The van der Waals surface area contributed by atoms with Crippen LogP contribution in [0.3, 0.4) is 0 Å². The van der Waals surface area contributed by atoms with Crippen LogP contribution in [0.5, 0.6) is 11.6 Å². The molecule has 0 radical (unpaired) electrons. The number of amides is 1. The van der Waals surface area contributed by atoms with Gasteiger partial charge in [-0.05, 0) is 68.1 Å². The highest BCUT2D eigenvalue weighted by Gasteiger charge is 2.22. The Labute approximate surface area is 183 Å². The zero-order valence-electron chi connectivity index (χ0n) is 15.7. The normalized spacial score (nSPS) is 14.9. The van der Waals surface area contributed by atoms with Crippen molar-refractivity contribution in [1.29, 1.82) is 0 Å². The van der Waals surface area contributed by atoms with E-state index in [-0.39, 0.29) is 30.7 Å². The number of halogens is 3. The van der Waals surface area contributed by atoms with Crippen molar-refractivity contribution >= 4 is 48.0 Å². The molecule has 1 unspecified atom stereocenters. The van der Waals surface area contributed by atoms with E-state index in [0.717, 1.165) is 31.6 Å². The predicted molar refractivity (Wildman–Crippen MR) is 118 cm³/mol. The molecule has 1 aromatic heterocycles. The maximum absolute atomic E-state index is 12.3. The van der Waals surface area contributed by atoms with Crippen LogP contribution < -0.4 is 15.4 Å². The number of carbonyl (C=O) groups is 1. The monoisotopic (exact) mass is 445 g/mol. The lowest BCUT2D eigenvalue weighted by Gasteiger charge is -2.27. The van der Waals surface area contributed by atoms with Crippen molar-refractivity contribution < 1.29 is 9.53 Å². The highest BCUT2D eigenvalue weighted by Crippen LogP contribution is 2.25. The molecular formula is C20H26Cl3N3O2. The summed E-state index contributed by atoms with van der Waals surface area (Å²) in [6.07, 6.45) is 4.39. The molecule has 2 aromatic rings. The second-order valence-electron chi connectivity index (χ2n) is 6.76. The Morgan fingerprint density at radius 2 is 1.89 bits per heavy atom. The number of piperidine rings is 1. The van der Waals surface area contributed by atoms with Crippen LogP contribution in [0.25, 0.3) is 0 Å². The van der Waals surface area contributed by atoms with Crippen LogP contribution in [0.15, 0.2) is 42.6 Å². The Morgan fingerprint density at radius 1 is 1.21 bits per heavy atom. The van der Waals surface area contributed by atoms with Gasteiger partial charge in [-0.25, -0.2) is 4.98 Å². The molecule has 2 heterocycles. The molecular weight excluding hydrogens is 421 g/mol. The number of nitrogens with zero attached hydrogens (tertiary/aromatic N) is 1. The van der Waals surface area contributed by atoms with Crippen LogP contribution in [-0.2, 0) is 4.79 Å². The number of carbonyl (C=O) groups excluding carboxylic acids is 1. The number of ether oxygens (including phenoxy) is 1. The molecule has 154 valence electrons. The van der Waals surface area contributed by atoms with Crippen LogP contribution in [0.2, 0.25) is 5.02 Å². The van der Waals surface area contributed by atoms with Gasteiger partial charge in [-0.3, -0.25) is 4.79 Å². The Kier molecular flexibility index (Phi) is 10.6. The van der Waals surface area contributed by atoms with E-state index in [1.165, 1.54) is 6.20 Å². The minimum Gasteiger partial charge on any atom is -0.439 e. The maximum atomic E-state index is 12.3. The molecule has 8 heteroatoms. The van der Waals surface area contributed by atoms with Gasteiger partial charge < -0.3 is 15.4 Å². The Bertz CT molecular complexity index is 720. The molecule has 1 saturated heterocycles. The van der Waals surface area contributed by atoms with Gasteiger partial charge in [0.1, 0.15) is 5.75 Å². The zero-order chi connectivity index (χ0) is 18.4. The minimum absolute atomic E-state index is 0. The standard InChI is InChI=1S/C20H24ClN3O2.2ClH/c1-14(15-8-10-22-11-9-15)12-19(25)24-17-3-5-18(6-4-17)26-20-7-2-16(21)13-23-20;;/h2-7,13-15,22H,8-12H2,1H3,(H,24,25);2*1H. The second kappa shape index (κ2) is 12.1. The van der Waals surface area contributed by atoms with Gasteiger partial charge in [0, 0.05) is 24.4 Å². The largest absolute Gasteiger partial charge is 0.439 e. The quantitative estimate of drug-likeness (QED) is 0.629. The van der Waals surface area contributed by atoms with E-state index in [9.17, 15) is 4.79 Å². The fourth-order valence-electron chi connectivity index (χ4n) is 3.23. The fourth-order valence-corrected chi connectivity index (χ4v) is 3.35. The molecule has 2 N–H and O–H groups in total. The molecule has 1 atom stereocenters. The lowest BCUT2D eigenvalue weighted by molar-refractivity contribution is -0.117. The number of aromatic nitrogens is 1. The first-order valence-corrected chi connectivity index (χ1v) is 9.38. The molecule has 0 bridgehead atoms. The van der Waals surface area contributed by atoms with E-state index in [1.54, 1.807) is 12.1 Å². The predicted octanol–water partition coefficient (Wildman–Crippen LogP) is 5.34. The van der Waals surface area contributed by atoms with Crippen LogP contribution in [-0.4, -0.2) is 24.0 Å². The van der Waals surface area contributed by atoms with Gasteiger partial charge in [0.25, 0.3) is 0 Å². The van der Waals surface area contributed by atoms with E-state index in [1.807, 2.05) is 24.3 Å². The van der Waals surface area contributed by atoms with Crippen molar-refractivity contribution in [2.45, 2.75) is 26.2 Å². The maximum Gasteiger partial charge on any atom is 0.224 e. The molecule has 1 aliphatic rings. The van der Waals surface area contributed by atoms with Gasteiger partial charge in [-0.15, -0.1) is 24.8 Å². The number of hydrogen-bond donors (Lipinski definition) is 2. The summed E-state index contributed by atoms with van der Waals surface area (Å²) in [5, 5.41) is 6.90. The van der Waals surface area contributed by atoms with Crippen molar-refractivity contribution in [1.82, 2.24) is 10.3 Å². The highest BCUT2D eigenvalue weighted by molar-refractivity contribution is 6.30. The summed E-state index contributed by atoms with van der Waals surface area (Å²) in [6.45, 7) is 4.28. The number of rotatable bonds is 6. The smallest absolute Gasteiger partial charge is 0.224 e. The Morgan fingerprint density at radius 3 is 2.50 bits per heavy atom. The number of anilines is 1. The van der Waals surface area contributed by atoms with Crippen LogP contribution in [0.4, 0.5) is 5.69 Å². The van der Waals surface area contributed by atoms with E-state index in [4.69, 9.17) is 16.3 Å². The van der Waals surface area contributed by atoms with Gasteiger partial charge in [-0.1, -0.05) is 18.5 Å². The van der Waals surface area contributed by atoms with Gasteiger partial charge >= 0.3 is 0 Å². The lowest BCUT2D eigenvalue weighted by Crippen LogP contribution is -2.32. The average molecular weight is 447 g/mol. The molecule has 1 aromatic carbocycles. The lowest BCUT2D eigenvalue weighted by atomic mass is 9.84. The number of hydrogen-bond acceptors (Lipinski definition) is 4. The third kappa shape index (κ3) is 7.47. The fraction of sp³-hybridized carbons (Fsp3) is 0.400. The molecule has 0 saturated carbocycles. The number of nitrogens with one attached hydrogen (secondary N) is 2. The van der Waals surface area contributed by atoms with Gasteiger partial charge in [0.15, 0.2) is 0 Å². The Hall–Kier alpha value is -1.53. The zero-order valence-corrected chi connectivity index (χ0v) is 18.1. The summed E-state index contributed by atoms with van der Waals surface area (Å²) in [5.41, 5.74) is 0.768. The third-order valence-corrected chi connectivity index (χ3v) is 4.98. The van der Waals surface area contributed by atoms with Crippen molar-refractivity contribution in [2.24, 2.45) is 11.8 Å². The second-order valence-corrected chi connectivity index (χ2v) is 7.19. The summed E-state index contributed by atoms with van der Waals surface area (Å²) in [4.78, 5) is 16.4. The van der Waals surface area contributed by atoms with Gasteiger partial charge in [0.2, 0.25) is 11.8 Å². The average Bonchev–Trinajstić information content (AvgIpc) is 2.66. The summed E-state index contributed by atoms with van der Waals surface area (Å²) in [7, 11) is 0. The first kappa shape index (κ1) is 24.5. The molecule has 1 aliphatic heterocycles. The first-order valence-electron chi connectivity index (χ1n) is 9.00. The molecule has 1 amide bonds. The van der Waals surface area contributed by atoms with Crippen molar-refractivity contribution in [3.05, 3.63) is 47.6 Å².